The number of carbonyl (C=O) groups is 1. The SMILES string of the molecule is CCN1C(=O)/C(=C\c2ccc(OC)cc2OC)SC1=Nc1c(C)cccc1C. The molecule has 1 heterocycles. The van der Waals surface area contributed by atoms with E-state index in [1.807, 2.05) is 57.2 Å². The minimum Gasteiger partial charge on any atom is -0.497 e. The molecule has 3 rings (SSSR count). The van der Waals surface area contributed by atoms with E-state index < -0.39 is 0 Å². The van der Waals surface area contributed by atoms with E-state index >= 15 is 0 Å². The summed E-state index contributed by atoms with van der Waals surface area (Å²) in [6.45, 7) is 6.58. The van der Waals surface area contributed by atoms with Gasteiger partial charge in [0, 0.05) is 18.2 Å². The molecule has 2 aromatic carbocycles. The molecule has 1 fully saturated rings. The molecule has 0 radical (unpaired) electrons. The van der Waals surface area contributed by atoms with Crippen LogP contribution in [0.25, 0.3) is 6.08 Å². The van der Waals surface area contributed by atoms with E-state index in [4.69, 9.17) is 14.5 Å². The first kappa shape index (κ1) is 20.0. The third kappa shape index (κ3) is 3.92. The third-order valence-electron chi connectivity index (χ3n) is 4.58. The van der Waals surface area contributed by atoms with Gasteiger partial charge in [-0.15, -0.1) is 0 Å². The Morgan fingerprint density at radius 2 is 1.82 bits per heavy atom. The van der Waals surface area contributed by atoms with Crippen LogP contribution in [0.2, 0.25) is 0 Å². The number of carbonyl (C=O) groups excluding carboxylic acids is 1. The molecule has 146 valence electrons. The van der Waals surface area contributed by atoms with Gasteiger partial charge in [0.1, 0.15) is 11.5 Å². The van der Waals surface area contributed by atoms with Gasteiger partial charge >= 0.3 is 0 Å². The number of ether oxygens (including phenoxy) is 2. The second-order valence-electron chi connectivity index (χ2n) is 6.40. The van der Waals surface area contributed by atoms with E-state index in [-0.39, 0.29) is 5.91 Å². The molecule has 6 heteroatoms. The standard InChI is InChI=1S/C22H24N2O3S/c1-6-24-21(25)19(12-16-10-11-17(26-4)13-18(16)27-5)28-22(24)23-20-14(2)8-7-9-15(20)3/h7-13H,6H2,1-5H3/b19-12+,23-22?. The number of nitrogens with zero attached hydrogens (tertiary/aromatic N) is 2. The fourth-order valence-electron chi connectivity index (χ4n) is 3.03. The van der Waals surface area contributed by atoms with Crippen LogP contribution < -0.4 is 9.47 Å². The predicted octanol–water partition coefficient (Wildman–Crippen LogP) is 4.94. The first-order chi connectivity index (χ1) is 13.5. The van der Waals surface area contributed by atoms with Crippen molar-refractivity contribution >= 4 is 34.6 Å². The van der Waals surface area contributed by atoms with Gasteiger partial charge in [0.25, 0.3) is 5.91 Å². The van der Waals surface area contributed by atoms with E-state index in [0.29, 0.717) is 28.1 Å². The van der Waals surface area contributed by atoms with Crippen molar-refractivity contribution in [1.29, 1.82) is 0 Å². The monoisotopic (exact) mass is 396 g/mol. The minimum absolute atomic E-state index is 0.0460. The van der Waals surface area contributed by atoms with Gasteiger partial charge in [0.2, 0.25) is 0 Å². The number of hydrogen-bond donors (Lipinski definition) is 0. The molecule has 1 amide bonds. The van der Waals surface area contributed by atoms with Crippen molar-refractivity contribution in [2.24, 2.45) is 4.99 Å². The molecular formula is C22H24N2O3S. The smallest absolute Gasteiger partial charge is 0.266 e. The van der Waals surface area contributed by atoms with Gasteiger partial charge in [0.05, 0.1) is 24.8 Å². The quantitative estimate of drug-likeness (QED) is 0.672. The number of methoxy groups -OCH3 is 2. The van der Waals surface area contributed by atoms with E-state index in [2.05, 4.69) is 0 Å². The van der Waals surface area contributed by atoms with Gasteiger partial charge in [0.15, 0.2) is 5.17 Å². The van der Waals surface area contributed by atoms with Crippen molar-refractivity contribution in [3.05, 3.63) is 58.0 Å². The molecular weight excluding hydrogens is 372 g/mol. The summed E-state index contributed by atoms with van der Waals surface area (Å²) in [5.41, 5.74) is 3.92. The first-order valence-electron chi connectivity index (χ1n) is 9.06. The van der Waals surface area contributed by atoms with Crippen LogP contribution in [0.15, 0.2) is 46.3 Å². The molecule has 1 aliphatic rings. The van der Waals surface area contributed by atoms with Gasteiger partial charge in [-0.05, 0) is 61.9 Å². The normalized spacial score (nSPS) is 16.9. The van der Waals surface area contributed by atoms with Gasteiger partial charge in [-0.3, -0.25) is 9.69 Å². The van der Waals surface area contributed by atoms with Crippen molar-refractivity contribution in [2.75, 3.05) is 20.8 Å². The zero-order valence-electron chi connectivity index (χ0n) is 16.8. The van der Waals surface area contributed by atoms with Gasteiger partial charge in [-0.25, -0.2) is 4.99 Å². The number of amides is 1. The maximum Gasteiger partial charge on any atom is 0.266 e. The molecule has 5 nitrogen and oxygen atoms in total. The highest BCUT2D eigenvalue weighted by Crippen LogP contribution is 2.37. The second-order valence-corrected chi connectivity index (χ2v) is 7.41. The lowest BCUT2D eigenvalue weighted by Gasteiger charge is -2.13. The topological polar surface area (TPSA) is 51.1 Å². The van der Waals surface area contributed by atoms with Crippen LogP contribution in [-0.2, 0) is 4.79 Å². The molecule has 2 aromatic rings. The first-order valence-corrected chi connectivity index (χ1v) is 9.88. The molecule has 0 atom stereocenters. The second kappa shape index (κ2) is 8.52. The lowest BCUT2D eigenvalue weighted by atomic mass is 10.1. The van der Waals surface area contributed by atoms with Crippen molar-refractivity contribution in [2.45, 2.75) is 20.8 Å². The summed E-state index contributed by atoms with van der Waals surface area (Å²) in [5.74, 6) is 1.32. The molecule has 0 unspecified atom stereocenters. The minimum atomic E-state index is -0.0460. The number of amidine groups is 1. The molecule has 0 aliphatic carbocycles. The van der Waals surface area contributed by atoms with Crippen molar-refractivity contribution < 1.29 is 14.3 Å². The van der Waals surface area contributed by atoms with E-state index in [1.165, 1.54) is 11.8 Å². The summed E-state index contributed by atoms with van der Waals surface area (Å²) in [6.07, 6.45) is 1.85. The van der Waals surface area contributed by atoms with Crippen LogP contribution in [0.4, 0.5) is 5.69 Å². The number of rotatable bonds is 5. The number of likely N-dealkylation sites (N-methyl/N-ethyl adjacent to an activating group) is 1. The van der Waals surface area contributed by atoms with E-state index in [0.717, 1.165) is 22.4 Å². The number of para-hydroxylation sites is 1. The Morgan fingerprint density at radius 1 is 1.11 bits per heavy atom. The zero-order valence-corrected chi connectivity index (χ0v) is 17.6. The zero-order chi connectivity index (χ0) is 20.3. The van der Waals surface area contributed by atoms with E-state index in [1.54, 1.807) is 25.2 Å². The Hall–Kier alpha value is -2.73. The van der Waals surface area contributed by atoms with Crippen LogP contribution in [-0.4, -0.2) is 36.7 Å². The molecule has 0 saturated carbocycles. The van der Waals surface area contributed by atoms with Gasteiger partial charge in [-0.1, -0.05) is 18.2 Å². The summed E-state index contributed by atoms with van der Waals surface area (Å²) < 4.78 is 10.7. The average Bonchev–Trinajstić information content (AvgIpc) is 2.99. The van der Waals surface area contributed by atoms with Gasteiger partial charge < -0.3 is 9.47 Å². The third-order valence-corrected chi connectivity index (χ3v) is 5.59. The molecule has 0 aromatic heterocycles. The van der Waals surface area contributed by atoms with Crippen LogP contribution in [0.5, 0.6) is 11.5 Å². The fourth-order valence-corrected chi connectivity index (χ4v) is 4.07. The Balaban J connectivity index is 2.00. The molecule has 28 heavy (non-hydrogen) atoms. The summed E-state index contributed by atoms with van der Waals surface area (Å²) in [4.78, 5) is 20.1. The highest BCUT2D eigenvalue weighted by molar-refractivity contribution is 8.18. The predicted molar refractivity (Wildman–Crippen MR) is 116 cm³/mol. The summed E-state index contributed by atoms with van der Waals surface area (Å²) in [7, 11) is 3.21. The molecule has 0 N–H and O–H groups in total. The fraction of sp³-hybridized carbons (Fsp3) is 0.273. The average molecular weight is 397 g/mol. The highest BCUT2D eigenvalue weighted by atomic mass is 32.2. The molecule has 1 saturated heterocycles. The Morgan fingerprint density at radius 3 is 2.43 bits per heavy atom. The van der Waals surface area contributed by atoms with Crippen molar-refractivity contribution in [3.63, 3.8) is 0 Å². The number of aryl methyl sites for hydroxylation is 2. The summed E-state index contributed by atoms with van der Waals surface area (Å²) in [5, 5.41) is 0.698. The summed E-state index contributed by atoms with van der Waals surface area (Å²) >= 11 is 1.39. The van der Waals surface area contributed by atoms with Crippen molar-refractivity contribution in [3.8, 4) is 11.5 Å². The van der Waals surface area contributed by atoms with Gasteiger partial charge in [-0.2, -0.15) is 0 Å². The van der Waals surface area contributed by atoms with E-state index in [9.17, 15) is 4.79 Å². The number of aliphatic imine (C=N–C) groups is 1. The maximum atomic E-state index is 12.9. The maximum absolute atomic E-state index is 12.9. The largest absolute Gasteiger partial charge is 0.497 e. The Labute approximate surface area is 170 Å². The van der Waals surface area contributed by atoms with Crippen LogP contribution in [0, 0.1) is 13.8 Å². The lowest BCUT2D eigenvalue weighted by Crippen LogP contribution is -2.28. The van der Waals surface area contributed by atoms with Crippen molar-refractivity contribution in [1.82, 2.24) is 4.90 Å². The van der Waals surface area contributed by atoms with Crippen LogP contribution in [0.3, 0.4) is 0 Å². The Kier molecular flexibility index (Phi) is 6.09. The van der Waals surface area contributed by atoms with Crippen LogP contribution in [0.1, 0.15) is 23.6 Å². The molecule has 0 bridgehead atoms. The van der Waals surface area contributed by atoms with Crippen LogP contribution >= 0.6 is 11.8 Å². The number of benzene rings is 2. The highest BCUT2D eigenvalue weighted by Gasteiger charge is 2.32. The molecule has 1 aliphatic heterocycles. The summed E-state index contributed by atoms with van der Waals surface area (Å²) in [6, 6.07) is 11.6. The Bertz CT molecular complexity index is 946. The number of hydrogen-bond acceptors (Lipinski definition) is 5. The molecule has 0 spiro atoms. The number of thioether (sulfide) groups is 1. The lowest BCUT2D eigenvalue weighted by molar-refractivity contribution is -0.122.